The Labute approximate surface area is 519 Å². The zero-order valence-corrected chi connectivity index (χ0v) is 49.2. The summed E-state index contributed by atoms with van der Waals surface area (Å²) in [7, 11) is 0. The lowest BCUT2D eigenvalue weighted by Gasteiger charge is -2.38. The average Bonchev–Trinajstić information content (AvgIpc) is 1.61. The Hall–Kier alpha value is -10.7. The van der Waals surface area contributed by atoms with Crippen molar-refractivity contribution in [3.05, 3.63) is 292 Å². The number of benzene rings is 10. The molecule has 0 spiro atoms. The van der Waals surface area contributed by atoms with Crippen LogP contribution in [0.3, 0.4) is 0 Å². The van der Waals surface area contributed by atoms with Gasteiger partial charge in [-0.05, 0) is 191 Å². The van der Waals surface area contributed by atoms with Crippen molar-refractivity contribution in [3.63, 3.8) is 0 Å². The summed E-state index contributed by atoms with van der Waals surface area (Å²) in [4.78, 5) is 56.6. The Morgan fingerprint density at radius 2 is 0.725 bits per heavy atom. The zero-order chi connectivity index (χ0) is 63.7. The number of fused-ring (bicyclic) bond motifs is 5. The molecule has 0 aromatic heterocycles. The minimum absolute atomic E-state index is 0.0441. The van der Waals surface area contributed by atoms with Gasteiger partial charge >= 0.3 is 12.4 Å². The Morgan fingerprint density at radius 1 is 0.385 bits per heavy atom. The molecular weight excluding hydrogens is 1170 g/mol. The number of carbonyl (C=O) groups is 4. The maximum absolute atomic E-state index is 15.1. The van der Waals surface area contributed by atoms with E-state index < -0.39 is 46.1 Å². The van der Waals surface area contributed by atoms with E-state index in [-0.39, 0.29) is 63.6 Å². The first kappa shape index (κ1) is 59.2. The normalized spacial score (nSPS) is 14.5. The second kappa shape index (κ2) is 22.7. The fourth-order valence-electron chi connectivity index (χ4n) is 12.6. The van der Waals surface area contributed by atoms with Gasteiger partial charge < -0.3 is 18.9 Å². The Morgan fingerprint density at radius 3 is 1.14 bits per heavy atom. The van der Waals surface area contributed by atoms with Crippen LogP contribution in [0.15, 0.2) is 231 Å². The highest BCUT2D eigenvalue weighted by Gasteiger charge is 2.72. The third-order valence-corrected chi connectivity index (χ3v) is 17.3. The van der Waals surface area contributed by atoms with Crippen LogP contribution in [0.4, 0.5) is 32.0 Å². The van der Waals surface area contributed by atoms with E-state index in [1.54, 1.807) is 36.4 Å². The van der Waals surface area contributed by atoms with Crippen molar-refractivity contribution < 1.29 is 64.5 Å². The summed E-state index contributed by atoms with van der Waals surface area (Å²) in [6, 6.07) is 61.0. The van der Waals surface area contributed by atoms with E-state index in [2.05, 4.69) is 24.3 Å². The lowest BCUT2D eigenvalue weighted by Crippen LogP contribution is -2.54. The zero-order valence-electron chi connectivity index (χ0n) is 49.2. The number of amides is 4. The molecule has 1 unspecified atom stereocenters. The van der Waals surface area contributed by atoms with Crippen molar-refractivity contribution in [1.29, 1.82) is 0 Å². The molecule has 1 aliphatic carbocycles. The fourth-order valence-corrected chi connectivity index (χ4v) is 12.6. The number of rotatable bonds is 16. The lowest BCUT2D eigenvalue weighted by atomic mass is 9.68. The van der Waals surface area contributed by atoms with Crippen molar-refractivity contribution >= 4 is 29.3 Å². The molecule has 0 saturated heterocycles. The monoisotopic (exact) mass is 1220 g/mol. The first-order valence-corrected chi connectivity index (χ1v) is 29.4. The first-order valence-electron chi connectivity index (χ1n) is 29.4. The van der Waals surface area contributed by atoms with Crippen LogP contribution in [0, 0.1) is 0 Å². The van der Waals surface area contributed by atoms with Gasteiger partial charge in [-0.1, -0.05) is 130 Å². The van der Waals surface area contributed by atoms with Crippen molar-refractivity contribution in [2.45, 2.75) is 69.3 Å². The first-order chi connectivity index (χ1) is 43.7. The molecule has 16 heteroatoms. The molecule has 13 rings (SSSR count). The molecule has 3 aliphatic rings. The summed E-state index contributed by atoms with van der Waals surface area (Å²) < 4.78 is 115. The Bertz CT molecular complexity index is 4430. The molecule has 10 aromatic carbocycles. The number of halogens is 6. The minimum atomic E-state index is -5.83. The highest BCUT2D eigenvalue weighted by Crippen LogP contribution is 2.58. The summed E-state index contributed by atoms with van der Waals surface area (Å²) in [6.07, 6.45) is -11.0. The number of carbonyl (C=O) groups excluding carboxylic acids is 4. The number of nitrogens with zero attached hydrogens (tertiary/aromatic N) is 2. The Balaban J connectivity index is 0.706. The van der Waals surface area contributed by atoms with Crippen molar-refractivity contribution in [2.75, 3.05) is 4.90 Å². The molecule has 1 atom stereocenters. The van der Waals surface area contributed by atoms with Gasteiger partial charge in [-0.25, -0.2) is 4.90 Å². The van der Waals surface area contributed by atoms with Crippen LogP contribution in [0.2, 0.25) is 0 Å². The lowest BCUT2D eigenvalue weighted by molar-refractivity contribution is -0.288. The Kier molecular flexibility index (Phi) is 14.8. The predicted molar refractivity (Wildman–Crippen MR) is 331 cm³/mol. The molecule has 0 saturated carbocycles. The quantitative estimate of drug-likeness (QED) is 0.0695. The van der Waals surface area contributed by atoms with Crippen LogP contribution in [-0.4, -0.2) is 46.9 Å². The molecule has 454 valence electrons. The van der Waals surface area contributed by atoms with Crippen LogP contribution < -0.4 is 23.8 Å². The molecule has 0 fully saturated rings. The number of imide groups is 2. The number of hydrogen-bond acceptors (Lipinski definition) is 8. The van der Waals surface area contributed by atoms with Gasteiger partial charge in [0.05, 0.1) is 33.4 Å². The minimum Gasteiger partial charge on any atom is -0.457 e. The smallest absolute Gasteiger partial charge is 0.411 e. The number of alkyl halides is 6. The second-order valence-corrected chi connectivity index (χ2v) is 22.9. The van der Waals surface area contributed by atoms with Gasteiger partial charge in [-0.15, -0.1) is 0 Å². The van der Waals surface area contributed by atoms with Gasteiger partial charge in [0.1, 0.15) is 46.0 Å². The summed E-state index contributed by atoms with van der Waals surface area (Å²) in [5.74, 6) is 0.440. The second-order valence-electron chi connectivity index (χ2n) is 22.9. The topological polar surface area (TPSA) is 112 Å². The van der Waals surface area contributed by atoms with E-state index in [0.29, 0.717) is 40.5 Å². The molecule has 2 heterocycles. The average molecular weight is 1230 g/mol. The van der Waals surface area contributed by atoms with Crippen LogP contribution in [0.1, 0.15) is 120 Å². The van der Waals surface area contributed by atoms with E-state index in [0.717, 1.165) is 92.4 Å². The highest BCUT2D eigenvalue weighted by atomic mass is 19.4. The SMILES string of the molecule is CCC(C)N1C(=O)c2ccc(Oc3ccc(C4(c5ccc(Oc6ccc7c(c6)C(=O)N(c6ccc(Oc8ccc(C(c9ccc(Oc%10ccc(C(C)C)cc%10)cc9)(C(F)(F)F)C(F)(F)F)cc8)cc6)C7=O)cc5)c5ccccc5-c5ccccc54)cc3)cc2C1=O. The summed E-state index contributed by atoms with van der Waals surface area (Å²) in [5, 5.41) is 0. The predicted octanol–water partition coefficient (Wildman–Crippen LogP) is 18.9. The molecule has 2 aliphatic heterocycles. The van der Waals surface area contributed by atoms with Crippen molar-refractivity contribution in [2.24, 2.45) is 0 Å². The number of hydrogen-bond donors (Lipinski definition) is 0. The van der Waals surface area contributed by atoms with Crippen LogP contribution in [0.25, 0.3) is 11.1 Å². The van der Waals surface area contributed by atoms with Crippen LogP contribution in [0.5, 0.6) is 46.0 Å². The third kappa shape index (κ3) is 10.0. The third-order valence-electron chi connectivity index (χ3n) is 17.3. The molecule has 0 bridgehead atoms. The standard InChI is InChI=1S/C75H54F6N2O8/c1-5-45(4)82-68(84)62-40-38-58(42-64(62)70(82)86)90-55-28-16-47(17-29-55)72(66-12-8-6-10-60(66)61-11-7-9-13-67(61)72)48-18-30-56(31-19-48)91-59-39-41-63-65(43-59)71(87)83(69(63)85)51-24-36-57(37-25-51)89-54-34-22-50(23-35-54)73(74(76,77)78,75(79,80)81)49-20-32-53(33-21-49)88-52-26-14-46(15-27-52)44(2)3/h6-45H,5H2,1-4H3. The van der Waals surface area contributed by atoms with E-state index in [1.165, 1.54) is 41.3 Å². The van der Waals surface area contributed by atoms with Gasteiger partial charge in [0.2, 0.25) is 5.41 Å². The number of anilines is 1. The number of ether oxygens (including phenoxy) is 4. The summed E-state index contributed by atoms with van der Waals surface area (Å²) in [5.41, 5.74) is 0.838. The maximum Gasteiger partial charge on any atom is 0.411 e. The van der Waals surface area contributed by atoms with Crippen molar-refractivity contribution in [3.8, 4) is 57.1 Å². The van der Waals surface area contributed by atoms with Gasteiger partial charge in [0.25, 0.3) is 23.6 Å². The van der Waals surface area contributed by atoms with Crippen molar-refractivity contribution in [1.82, 2.24) is 4.90 Å². The van der Waals surface area contributed by atoms with Crippen LogP contribution in [-0.2, 0) is 10.8 Å². The summed E-state index contributed by atoms with van der Waals surface area (Å²) >= 11 is 0. The largest absolute Gasteiger partial charge is 0.457 e. The fraction of sp³-hybridized carbons (Fsp3) is 0.147. The molecular formula is C75H54F6N2O8. The van der Waals surface area contributed by atoms with Gasteiger partial charge in [-0.2, -0.15) is 26.3 Å². The maximum atomic E-state index is 15.1. The molecule has 91 heavy (non-hydrogen) atoms. The van der Waals surface area contributed by atoms with Gasteiger partial charge in [0.15, 0.2) is 0 Å². The molecule has 10 nitrogen and oxygen atoms in total. The molecule has 4 amide bonds. The summed E-state index contributed by atoms with van der Waals surface area (Å²) in [6.45, 7) is 7.78. The molecule has 0 radical (unpaired) electrons. The highest BCUT2D eigenvalue weighted by molar-refractivity contribution is 6.34. The molecule has 0 N–H and O–H groups in total. The van der Waals surface area contributed by atoms with E-state index in [9.17, 15) is 19.2 Å². The van der Waals surface area contributed by atoms with Gasteiger partial charge in [0, 0.05) is 6.04 Å². The molecule has 10 aromatic rings. The van der Waals surface area contributed by atoms with E-state index >= 15 is 26.3 Å². The van der Waals surface area contributed by atoms with Gasteiger partial charge in [-0.3, -0.25) is 24.1 Å². The van der Waals surface area contributed by atoms with E-state index in [4.69, 9.17) is 18.9 Å². The van der Waals surface area contributed by atoms with Crippen LogP contribution >= 0.6 is 0 Å². The van der Waals surface area contributed by atoms with E-state index in [1.807, 2.05) is 113 Å².